The van der Waals surface area contributed by atoms with Gasteiger partial charge in [-0.2, -0.15) is 4.98 Å². The third-order valence-corrected chi connectivity index (χ3v) is 6.21. The summed E-state index contributed by atoms with van der Waals surface area (Å²) in [5.74, 6) is 2.13. The average molecular weight is 498 g/mol. The van der Waals surface area contributed by atoms with E-state index in [1.54, 1.807) is 25.8 Å². The van der Waals surface area contributed by atoms with Gasteiger partial charge in [0, 0.05) is 5.70 Å². The summed E-state index contributed by atoms with van der Waals surface area (Å²) in [5.41, 5.74) is 9.34. The van der Waals surface area contributed by atoms with E-state index in [2.05, 4.69) is 5.32 Å². The molecule has 4 aromatic rings. The van der Waals surface area contributed by atoms with E-state index in [1.165, 1.54) is 0 Å². The number of hydrogen-bond acceptors (Lipinski definition) is 7. The number of para-hydroxylation sites is 1. The maximum absolute atomic E-state index is 12.6. The fraction of sp³-hybridized carbons (Fsp3) is 0.179. The molecule has 0 saturated heterocycles. The SMILES string of the molecule is COc1cc(C2C(C(N)=O)=C(C)Nc3nc(-c4ccccc4OC)nn32)ccc1OCc1ccccc1. The number of anilines is 1. The number of primary amides is 1. The highest BCUT2D eigenvalue weighted by molar-refractivity contribution is 5.95. The van der Waals surface area contributed by atoms with Gasteiger partial charge in [0.2, 0.25) is 11.9 Å². The van der Waals surface area contributed by atoms with Crippen LogP contribution in [0.1, 0.15) is 24.1 Å². The van der Waals surface area contributed by atoms with Gasteiger partial charge in [-0.15, -0.1) is 5.10 Å². The number of carbonyl (C=O) groups excluding carboxylic acids is 1. The van der Waals surface area contributed by atoms with Crippen molar-refractivity contribution in [2.45, 2.75) is 19.6 Å². The Bertz CT molecular complexity index is 1480. The second-order valence-corrected chi connectivity index (χ2v) is 8.52. The van der Waals surface area contributed by atoms with Crippen LogP contribution in [0, 0.1) is 0 Å². The van der Waals surface area contributed by atoms with Crippen molar-refractivity contribution >= 4 is 11.9 Å². The van der Waals surface area contributed by atoms with Gasteiger partial charge >= 0.3 is 0 Å². The average Bonchev–Trinajstić information content (AvgIpc) is 3.34. The maximum Gasteiger partial charge on any atom is 0.248 e. The monoisotopic (exact) mass is 497 g/mol. The van der Waals surface area contributed by atoms with Crippen molar-refractivity contribution in [3.05, 3.63) is 95.2 Å². The summed E-state index contributed by atoms with van der Waals surface area (Å²) in [7, 11) is 3.17. The zero-order valence-corrected chi connectivity index (χ0v) is 20.8. The van der Waals surface area contributed by atoms with Crippen LogP contribution in [0.3, 0.4) is 0 Å². The van der Waals surface area contributed by atoms with E-state index in [0.29, 0.717) is 46.9 Å². The standard InChI is InChI=1S/C28H27N5O4/c1-17-24(26(29)34)25(33-28(30-17)31-27(32-33)20-11-7-8-12-21(20)35-2)19-13-14-22(23(15-19)36-3)37-16-18-9-5-4-6-10-18/h4-15,25H,16H2,1-3H3,(H2,29,34)(H,30,31,32). The minimum atomic E-state index is -0.623. The van der Waals surface area contributed by atoms with Crippen molar-refractivity contribution in [2.24, 2.45) is 5.73 Å². The Kier molecular flexibility index (Phi) is 6.51. The first-order valence-corrected chi connectivity index (χ1v) is 11.7. The summed E-state index contributed by atoms with van der Waals surface area (Å²) >= 11 is 0. The Labute approximate surface area is 214 Å². The molecule has 1 aliphatic heterocycles. The summed E-state index contributed by atoms with van der Waals surface area (Å²) in [6.45, 7) is 2.19. The van der Waals surface area contributed by atoms with Crippen LogP contribution in [0.15, 0.2) is 84.1 Å². The van der Waals surface area contributed by atoms with Crippen LogP contribution in [0.4, 0.5) is 5.95 Å². The molecule has 9 nitrogen and oxygen atoms in total. The van der Waals surface area contributed by atoms with Crippen LogP contribution in [-0.4, -0.2) is 34.9 Å². The van der Waals surface area contributed by atoms with Gasteiger partial charge in [-0.05, 0) is 42.3 Å². The first-order valence-electron chi connectivity index (χ1n) is 11.7. The molecular weight excluding hydrogens is 470 g/mol. The van der Waals surface area contributed by atoms with E-state index in [0.717, 1.165) is 16.7 Å². The van der Waals surface area contributed by atoms with Gasteiger partial charge in [0.1, 0.15) is 18.4 Å². The van der Waals surface area contributed by atoms with Crippen LogP contribution in [0.25, 0.3) is 11.4 Å². The number of rotatable bonds is 8. The number of benzene rings is 3. The van der Waals surface area contributed by atoms with Crippen molar-refractivity contribution in [2.75, 3.05) is 19.5 Å². The Morgan fingerprint density at radius 1 is 0.973 bits per heavy atom. The summed E-state index contributed by atoms with van der Waals surface area (Å²) in [5, 5.41) is 7.93. The van der Waals surface area contributed by atoms with E-state index < -0.39 is 11.9 Å². The minimum Gasteiger partial charge on any atom is -0.496 e. The normalized spacial score (nSPS) is 14.5. The fourth-order valence-electron chi connectivity index (χ4n) is 4.43. The van der Waals surface area contributed by atoms with E-state index >= 15 is 0 Å². The Morgan fingerprint density at radius 3 is 2.43 bits per heavy atom. The van der Waals surface area contributed by atoms with Crippen LogP contribution in [-0.2, 0) is 11.4 Å². The quantitative estimate of drug-likeness (QED) is 0.373. The second-order valence-electron chi connectivity index (χ2n) is 8.52. The fourth-order valence-corrected chi connectivity index (χ4v) is 4.43. The number of ether oxygens (including phenoxy) is 3. The van der Waals surface area contributed by atoms with Gasteiger partial charge in [-0.3, -0.25) is 4.79 Å². The molecule has 0 bridgehead atoms. The lowest BCUT2D eigenvalue weighted by molar-refractivity contribution is -0.115. The summed E-state index contributed by atoms with van der Waals surface area (Å²) in [4.78, 5) is 17.3. The molecule has 188 valence electrons. The molecule has 0 spiro atoms. The lowest BCUT2D eigenvalue weighted by Crippen LogP contribution is -2.31. The lowest BCUT2D eigenvalue weighted by atomic mass is 9.95. The number of nitrogens with zero attached hydrogens (tertiary/aromatic N) is 3. The van der Waals surface area contributed by atoms with E-state index in [4.69, 9.17) is 30.0 Å². The molecule has 1 amide bonds. The molecular formula is C28H27N5O4. The van der Waals surface area contributed by atoms with Crippen molar-refractivity contribution in [3.8, 4) is 28.6 Å². The predicted molar refractivity (Wildman–Crippen MR) is 139 cm³/mol. The van der Waals surface area contributed by atoms with Gasteiger partial charge in [0.15, 0.2) is 17.3 Å². The minimum absolute atomic E-state index is 0.379. The molecule has 1 aromatic heterocycles. The van der Waals surface area contributed by atoms with Crippen LogP contribution in [0.5, 0.6) is 17.2 Å². The molecule has 0 aliphatic carbocycles. The number of nitrogens with one attached hydrogen (secondary N) is 1. The molecule has 0 fully saturated rings. The number of nitrogens with two attached hydrogens (primary N) is 1. The third kappa shape index (κ3) is 4.58. The molecule has 1 unspecified atom stereocenters. The topological polar surface area (TPSA) is 114 Å². The van der Waals surface area contributed by atoms with Gasteiger partial charge in [-0.25, -0.2) is 4.68 Å². The van der Waals surface area contributed by atoms with Gasteiger partial charge in [0.05, 0.1) is 25.4 Å². The highest BCUT2D eigenvalue weighted by Gasteiger charge is 2.34. The van der Waals surface area contributed by atoms with Crippen molar-refractivity contribution in [1.82, 2.24) is 14.8 Å². The zero-order valence-electron chi connectivity index (χ0n) is 20.8. The molecule has 3 aromatic carbocycles. The Hall–Kier alpha value is -4.79. The first kappa shape index (κ1) is 23.9. The van der Waals surface area contributed by atoms with Gasteiger partial charge in [-0.1, -0.05) is 48.5 Å². The van der Waals surface area contributed by atoms with Crippen LogP contribution < -0.4 is 25.3 Å². The summed E-state index contributed by atoms with van der Waals surface area (Å²) in [6, 6.07) is 22.3. The number of methoxy groups -OCH3 is 2. The zero-order chi connectivity index (χ0) is 25.9. The molecule has 3 N–H and O–H groups in total. The highest BCUT2D eigenvalue weighted by atomic mass is 16.5. The largest absolute Gasteiger partial charge is 0.496 e. The lowest BCUT2D eigenvalue weighted by Gasteiger charge is -2.28. The molecule has 9 heteroatoms. The summed E-state index contributed by atoms with van der Waals surface area (Å²) in [6.07, 6.45) is 0. The highest BCUT2D eigenvalue weighted by Crippen LogP contribution is 2.40. The van der Waals surface area contributed by atoms with Crippen molar-refractivity contribution in [1.29, 1.82) is 0 Å². The number of fused-ring (bicyclic) bond motifs is 1. The predicted octanol–water partition coefficient (Wildman–Crippen LogP) is 4.32. The van der Waals surface area contributed by atoms with E-state index in [9.17, 15) is 4.79 Å². The number of allylic oxidation sites excluding steroid dienone is 1. The Balaban J connectivity index is 1.55. The van der Waals surface area contributed by atoms with Crippen molar-refractivity contribution < 1.29 is 19.0 Å². The maximum atomic E-state index is 12.6. The number of aromatic nitrogens is 3. The molecule has 37 heavy (non-hydrogen) atoms. The Morgan fingerprint density at radius 2 is 1.70 bits per heavy atom. The van der Waals surface area contributed by atoms with E-state index in [-0.39, 0.29) is 0 Å². The van der Waals surface area contributed by atoms with Crippen molar-refractivity contribution in [3.63, 3.8) is 0 Å². The smallest absolute Gasteiger partial charge is 0.248 e. The molecule has 0 radical (unpaired) electrons. The number of amides is 1. The second kappa shape index (κ2) is 10.1. The molecule has 2 heterocycles. The van der Waals surface area contributed by atoms with Crippen LogP contribution >= 0.6 is 0 Å². The van der Waals surface area contributed by atoms with Gasteiger partial charge < -0.3 is 25.3 Å². The number of carbonyl (C=O) groups is 1. The third-order valence-electron chi connectivity index (χ3n) is 6.21. The summed E-state index contributed by atoms with van der Waals surface area (Å²) < 4.78 is 18.8. The number of hydrogen-bond donors (Lipinski definition) is 2. The molecule has 5 rings (SSSR count). The molecule has 1 aliphatic rings. The first-order chi connectivity index (χ1) is 18.0. The van der Waals surface area contributed by atoms with Gasteiger partial charge in [0.25, 0.3) is 0 Å². The van der Waals surface area contributed by atoms with Crippen LogP contribution in [0.2, 0.25) is 0 Å². The van der Waals surface area contributed by atoms with E-state index in [1.807, 2.05) is 72.8 Å². The molecule has 0 saturated carbocycles. The molecule has 1 atom stereocenters.